The van der Waals surface area contributed by atoms with Crippen LogP contribution in [0, 0.1) is 18.3 Å². The third-order valence-electron chi connectivity index (χ3n) is 8.27. The second-order valence-corrected chi connectivity index (χ2v) is 10.6. The number of aryl methyl sites for hydroxylation is 1. The lowest BCUT2D eigenvalue weighted by Crippen LogP contribution is -2.38. The maximum Gasteiger partial charge on any atom is 0.312 e. The first kappa shape index (κ1) is 24.0. The average Bonchev–Trinajstić information content (AvgIpc) is 3.68. The van der Waals surface area contributed by atoms with E-state index in [4.69, 9.17) is 14.5 Å². The van der Waals surface area contributed by atoms with E-state index in [0.717, 1.165) is 73.8 Å². The Bertz CT molecular complexity index is 1320. The second-order valence-electron chi connectivity index (χ2n) is 10.6. The van der Waals surface area contributed by atoms with Crippen LogP contribution in [-0.4, -0.2) is 37.2 Å². The molecule has 6 heteroatoms. The number of nitrogens with one attached hydrogen (secondary N) is 1. The zero-order chi connectivity index (χ0) is 25.4. The molecule has 192 valence electrons. The minimum Gasteiger partial charge on any atom is -0.488 e. The van der Waals surface area contributed by atoms with E-state index >= 15 is 0 Å². The van der Waals surface area contributed by atoms with Gasteiger partial charge in [0.25, 0.3) is 0 Å². The van der Waals surface area contributed by atoms with Crippen molar-refractivity contribution in [3.63, 3.8) is 0 Å². The molecule has 1 aromatic heterocycles. The number of para-hydroxylation sites is 1. The van der Waals surface area contributed by atoms with Crippen molar-refractivity contribution < 1.29 is 14.3 Å². The number of nitrogens with zero attached hydrogens (tertiary/aromatic N) is 2. The summed E-state index contributed by atoms with van der Waals surface area (Å²) in [6, 6.07) is 19.1. The number of anilines is 1. The number of benzene rings is 2. The molecule has 0 radical (unpaired) electrons. The van der Waals surface area contributed by atoms with E-state index in [9.17, 15) is 4.79 Å². The molecule has 2 aromatic carbocycles. The first-order chi connectivity index (χ1) is 18.1. The molecule has 1 saturated heterocycles. The van der Waals surface area contributed by atoms with Crippen LogP contribution in [0.1, 0.15) is 42.0 Å². The number of carbonyl (C=O) groups is 1. The number of hydrogen-bond acceptors (Lipinski definition) is 6. The minimum atomic E-state index is -0.255. The van der Waals surface area contributed by atoms with Gasteiger partial charge < -0.3 is 19.7 Å². The molecule has 6 nitrogen and oxygen atoms in total. The Balaban J connectivity index is 1.20. The highest BCUT2D eigenvalue weighted by molar-refractivity contribution is 5.81. The van der Waals surface area contributed by atoms with Gasteiger partial charge in [-0.2, -0.15) is 0 Å². The maximum atomic E-state index is 12.5. The molecule has 0 amide bonds. The van der Waals surface area contributed by atoms with Gasteiger partial charge in [-0.25, -0.2) is 4.98 Å². The Morgan fingerprint density at radius 2 is 2.05 bits per heavy atom. The van der Waals surface area contributed by atoms with E-state index in [-0.39, 0.29) is 11.4 Å². The molecule has 2 aliphatic heterocycles. The quantitative estimate of drug-likeness (QED) is 0.461. The summed E-state index contributed by atoms with van der Waals surface area (Å²) >= 11 is 0. The van der Waals surface area contributed by atoms with Gasteiger partial charge in [0.05, 0.1) is 17.7 Å². The van der Waals surface area contributed by atoms with Crippen molar-refractivity contribution in [2.24, 2.45) is 11.3 Å². The molecule has 1 saturated carbocycles. The van der Waals surface area contributed by atoms with Gasteiger partial charge >= 0.3 is 5.97 Å². The van der Waals surface area contributed by atoms with E-state index in [1.54, 1.807) is 0 Å². The van der Waals surface area contributed by atoms with Gasteiger partial charge in [0.2, 0.25) is 0 Å². The van der Waals surface area contributed by atoms with Crippen molar-refractivity contribution in [3.8, 4) is 17.0 Å². The van der Waals surface area contributed by atoms with Crippen molar-refractivity contribution in [2.45, 2.75) is 46.3 Å². The molecule has 3 aromatic rings. The summed E-state index contributed by atoms with van der Waals surface area (Å²) in [4.78, 5) is 19.9. The van der Waals surface area contributed by atoms with Crippen LogP contribution < -0.4 is 15.0 Å². The Labute approximate surface area is 219 Å². The normalized spacial score (nSPS) is 22.1. The monoisotopic (exact) mass is 497 g/mol. The zero-order valence-corrected chi connectivity index (χ0v) is 21.8. The van der Waals surface area contributed by atoms with Crippen molar-refractivity contribution in [1.82, 2.24) is 10.3 Å². The molecule has 3 aliphatic rings. The first-order valence-corrected chi connectivity index (χ1v) is 13.5. The molecule has 3 heterocycles. The van der Waals surface area contributed by atoms with Gasteiger partial charge in [-0.05, 0) is 86.0 Å². The Morgan fingerprint density at radius 1 is 1.16 bits per heavy atom. The number of hydrogen-bond donors (Lipinski definition) is 1. The summed E-state index contributed by atoms with van der Waals surface area (Å²) in [6.07, 6.45) is 2.82. The predicted octanol–water partition coefficient (Wildman–Crippen LogP) is 5.06. The van der Waals surface area contributed by atoms with E-state index in [1.807, 2.05) is 6.92 Å². The van der Waals surface area contributed by atoms with Crippen LogP contribution in [0.15, 0.2) is 54.6 Å². The van der Waals surface area contributed by atoms with Gasteiger partial charge in [0, 0.05) is 25.2 Å². The van der Waals surface area contributed by atoms with Gasteiger partial charge in [-0.15, -0.1) is 0 Å². The van der Waals surface area contributed by atoms with Crippen molar-refractivity contribution >= 4 is 11.8 Å². The van der Waals surface area contributed by atoms with Crippen LogP contribution in [-0.2, 0) is 29.1 Å². The van der Waals surface area contributed by atoms with Crippen LogP contribution >= 0.6 is 0 Å². The molecular formula is C31H35N3O3. The van der Waals surface area contributed by atoms with E-state index in [1.165, 1.54) is 16.7 Å². The summed E-state index contributed by atoms with van der Waals surface area (Å²) in [6.45, 7) is 8.59. The van der Waals surface area contributed by atoms with Gasteiger partial charge in [0.15, 0.2) is 0 Å². The molecule has 2 atom stereocenters. The average molecular weight is 498 g/mol. The lowest BCUT2D eigenvalue weighted by molar-refractivity contribution is -0.150. The third kappa shape index (κ3) is 4.59. The largest absolute Gasteiger partial charge is 0.488 e. The van der Waals surface area contributed by atoms with Crippen LogP contribution in [0.25, 0.3) is 11.3 Å². The Kier molecular flexibility index (Phi) is 6.37. The topological polar surface area (TPSA) is 63.7 Å². The summed E-state index contributed by atoms with van der Waals surface area (Å²) in [5, 5.41) is 3.43. The summed E-state index contributed by atoms with van der Waals surface area (Å²) in [7, 11) is 0. The van der Waals surface area contributed by atoms with E-state index < -0.39 is 0 Å². The minimum absolute atomic E-state index is 0.0153. The van der Waals surface area contributed by atoms with Crippen LogP contribution in [0.5, 0.6) is 5.75 Å². The van der Waals surface area contributed by atoms with Gasteiger partial charge in [0.1, 0.15) is 18.2 Å². The smallest absolute Gasteiger partial charge is 0.312 e. The van der Waals surface area contributed by atoms with Gasteiger partial charge in [-0.1, -0.05) is 36.4 Å². The summed E-state index contributed by atoms with van der Waals surface area (Å²) < 4.78 is 11.8. The number of pyridine rings is 1. The summed E-state index contributed by atoms with van der Waals surface area (Å²) in [5.74, 6) is 2.18. The number of ether oxygens (including phenoxy) is 2. The van der Waals surface area contributed by atoms with E-state index in [2.05, 4.69) is 71.7 Å². The highest BCUT2D eigenvalue weighted by Gasteiger charge is 2.63. The van der Waals surface area contributed by atoms with Crippen molar-refractivity contribution in [1.29, 1.82) is 0 Å². The maximum absolute atomic E-state index is 12.5. The highest BCUT2D eigenvalue weighted by Crippen LogP contribution is 2.59. The molecule has 0 unspecified atom stereocenters. The molecule has 1 aliphatic carbocycles. The molecule has 2 fully saturated rings. The second kappa shape index (κ2) is 9.82. The standard InChI is InChI=1S/C31H35N3O3/c1-3-36-30(35)31-13-15-34(19-25(31)17-31)28-9-5-8-27(33-28)26-7-4-6-21(2)29(26)37-20-22-10-11-24-18-32-14-12-23(24)16-22/h4-11,16,25,32H,3,12-15,17-20H2,1-2H3/t25-,31+/m0/s1. The Morgan fingerprint density at radius 3 is 2.92 bits per heavy atom. The number of carbonyl (C=O) groups excluding carboxylic acids is 1. The zero-order valence-electron chi connectivity index (χ0n) is 21.8. The fourth-order valence-electron chi connectivity index (χ4n) is 6.02. The molecular weight excluding hydrogens is 462 g/mol. The fourth-order valence-corrected chi connectivity index (χ4v) is 6.02. The fraction of sp³-hybridized carbons (Fsp3) is 0.419. The van der Waals surface area contributed by atoms with Crippen LogP contribution in [0.2, 0.25) is 0 Å². The summed E-state index contributed by atoms with van der Waals surface area (Å²) in [5.41, 5.74) is 6.76. The number of piperidine rings is 1. The lowest BCUT2D eigenvalue weighted by atomic mass is 9.95. The van der Waals surface area contributed by atoms with Crippen LogP contribution in [0.3, 0.4) is 0 Å². The predicted molar refractivity (Wildman–Crippen MR) is 145 cm³/mol. The number of rotatable bonds is 7. The van der Waals surface area contributed by atoms with E-state index in [0.29, 0.717) is 19.1 Å². The lowest BCUT2D eigenvalue weighted by Gasteiger charge is -2.31. The number of esters is 1. The van der Waals surface area contributed by atoms with Crippen molar-refractivity contribution in [2.75, 3.05) is 31.1 Å². The Hall–Kier alpha value is -3.38. The molecule has 6 rings (SSSR count). The first-order valence-electron chi connectivity index (χ1n) is 13.5. The molecule has 0 spiro atoms. The number of fused-ring (bicyclic) bond motifs is 2. The SMILES string of the molecule is CCOC(=O)[C@@]12CCN(c3cccc(-c4cccc(C)c4OCc4ccc5c(c4)CCNC5)n3)C[C@@H]1C2. The van der Waals surface area contributed by atoms with Gasteiger partial charge in [-0.3, -0.25) is 4.79 Å². The third-order valence-corrected chi connectivity index (χ3v) is 8.27. The molecule has 37 heavy (non-hydrogen) atoms. The molecule has 0 bridgehead atoms. The number of aromatic nitrogens is 1. The highest BCUT2D eigenvalue weighted by atomic mass is 16.5. The van der Waals surface area contributed by atoms with Crippen molar-refractivity contribution in [3.05, 3.63) is 76.9 Å². The molecule has 1 N–H and O–H groups in total. The van der Waals surface area contributed by atoms with Crippen LogP contribution in [0.4, 0.5) is 5.82 Å².